The van der Waals surface area contributed by atoms with E-state index in [9.17, 15) is 24.0 Å². The molecule has 348 valence electrons. The number of benzene rings is 1. The Bertz CT molecular complexity index is 2230. The molecule has 0 saturated carbocycles. The number of nitrogens with zero attached hydrogens (tertiary/aromatic N) is 5. The lowest BCUT2D eigenvalue weighted by Gasteiger charge is -2.30. The topological polar surface area (TPSA) is 212 Å². The predicted molar refractivity (Wildman–Crippen MR) is 240 cm³/mol. The van der Waals surface area contributed by atoms with E-state index in [0.717, 1.165) is 11.6 Å². The Labute approximate surface area is 373 Å². The maximum atomic E-state index is 15.7. The number of anilines is 1. The number of halogens is 1. The van der Waals surface area contributed by atoms with E-state index in [1.807, 2.05) is 6.08 Å². The Balaban J connectivity index is 1.45. The van der Waals surface area contributed by atoms with Crippen LogP contribution >= 0.6 is 0 Å². The van der Waals surface area contributed by atoms with E-state index in [0.29, 0.717) is 36.3 Å². The summed E-state index contributed by atoms with van der Waals surface area (Å²) in [6.07, 6.45) is 2.58. The number of hydrogen-bond donors (Lipinski definition) is 3. The second-order valence-electron chi connectivity index (χ2n) is 18.9. The van der Waals surface area contributed by atoms with Gasteiger partial charge in [0.2, 0.25) is 11.9 Å². The molecule has 5 amide bonds. The van der Waals surface area contributed by atoms with Gasteiger partial charge >= 0.3 is 24.4 Å². The minimum absolute atomic E-state index is 0.0288. The number of carbonyl (C=O) groups excluding carboxylic acids is 5. The zero-order valence-electron chi connectivity index (χ0n) is 39.0. The first-order chi connectivity index (χ1) is 29.6. The number of alkyl carbamates (subject to hydrolysis) is 2. The van der Waals surface area contributed by atoms with Crippen molar-refractivity contribution in [2.45, 2.75) is 118 Å². The van der Waals surface area contributed by atoms with E-state index in [2.05, 4.69) is 30.9 Å². The van der Waals surface area contributed by atoms with Crippen LogP contribution in [0.1, 0.15) is 117 Å². The number of nitrogens with one attached hydrogen (secondary N) is 3. The molecule has 1 aromatic carbocycles. The van der Waals surface area contributed by atoms with Gasteiger partial charge in [0, 0.05) is 55.1 Å². The number of ether oxygens (including phenoxy) is 5. The van der Waals surface area contributed by atoms with Crippen LogP contribution in [0.25, 0.3) is 11.1 Å². The van der Waals surface area contributed by atoms with Crippen LogP contribution in [0.3, 0.4) is 0 Å². The molecule has 0 atom stereocenters. The summed E-state index contributed by atoms with van der Waals surface area (Å²) in [6, 6.07) is 5.71. The molecule has 1 aromatic heterocycles. The van der Waals surface area contributed by atoms with Gasteiger partial charge in [-0.3, -0.25) is 15.4 Å². The van der Waals surface area contributed by atoms with E-state index in [-0.39, 0.29) is 48.5 Å². The van der Waals surface area contributed by atoms with E-state index in [4.69, 9.17) is 23.7 Å². The molecule has 3 heterocycles. The van der Waals surface area contributed by atoms with Crippen molar-refractivity contribution < 1.29 is 52.0 Å². The Morgan fingerprint density at radius 1 is 0.656 bits per heavy atom. The van der Waals surface area contributed by atoms with Crippen LogP contribution < -0.4 is 20.7 Å². The van der Waals surface area contributed by atoms with Crippen molar-refractivity contribution in [3.63, 3.8) is 0 Å². The van der Waals surface area contributed by atoms with Crippen LogP contribution in [0.15, 0.2) is 52.6 Å². The lowest BCUT2D eigenvalue weighted by atomic mass is 9.97. The molecule has 0 fully saturated rings. The van der Waals surface area contributed by atoms with Crippen molar-refractivity contribution in [3.8, 4) is 5.75 Å². The van der Waals surface area contributed by atoms with Gasteiger partial charge in [-0.15, -0.1) is 9.98 Å². The Hall–Kier alpha value is -6.53. The number of pyridine rings is 1. The maximum Gasteiger partial charge on any atom is 0.437 e. The molecule has 18 nitrogen and oxygen atoms in total. The zero-order chi connectivity index (χ0) is 47.8. The molecule has 2 aliphatic heterocycles. The molecule has 0 aliphatic carbocycles. The summed E-state index contributed by atoms with van der Waals surface area (Å²) in [5, 5.41) is 7.81. The van der Waals surface area contributed by atoms with E-state index in [1.54, 1.807) is 111 Å². The van der Waals surface area contributed by atoms with Gasteiger partial charge in [0.05, 0.1) is 7.11 Å². The number of hydrogen-bond acceptors (Lipinski definition) is 11. The smallest absolute Gasteiger partial charge is 0.437 e. The average Bonchev–Trinajstić information content (AvgIpc) is 3.14. The van der Waals surface area contributed by atoms with Gasteiger partial charge in [-0.05, 0) is 119 Å². The lowest BCUT2D eigenvalue weighted by molar-refractivity contribution is 0.0536. The molecule has 0 bridgehead atoms. The molecular weight excluding hydrogens is 832 g/mol. The quantitative estimate of drug-likeness (QED) is 0.147. The minimum Gasteiger partial charge on any atom is -0.496 e. The molecule has 0 saturated heterocycles. The standard InChI is InChI=1S/C45H61FN8O10/c1-42(2,3)61-38(56)49-36(50-39(57)62-43(4,5)6)53-20-16-27(17-21-53)30-15-14-29(24-32(30)46)35(55)48-34-25-33(60-13)31(26-47-34)28-18-22-54(23-19-28)37(51-40(58)63-44(7,8)9)52-41(59)64-45(10,11)12/h14-16,18,24-26H,17,19-23H2,1-13H3,(H,47,48,55)(H,49,50,56,57)(H,51,52,58,59). The first-order valence-corrected chi connectivity index (χ1v) is 20.7. The van der Waals surface area contributed by atoms with Crippen molar-refractivity contribution >= 4 is 59.2 Å². The van der Waals surface area contributed by atoms with Crippen molar-refractivity contribution in [1.29, 1.82) is 0 Å². The fraction of sp³-hybridized carbons (Fsp3) is 0.511. The first kappa shape index (κ1) is 50.1. The fourth-order valence-electron chi connectivity index (χ4n) is 6.12. The Kier molecular flexibility index (Phi) is 15.9. The van der Waals surface area contributed by atoms with Crippen molar-refractivity contribution in [3.05, 3.63) is 65.1 Å². The summed E-state index contributed by atoms with van der Waals surface area (Å²) in [6.45, 7) is 21.5. The molecular formula is C45H61FN8O10. The maximum absolute atomic E-state index is 15.7. The summed E-state index contributed by atoms with van der Waals surface area (Å²) < 4.78 is 42.7. The van der Waals surface area contributed by atoms with Gasteiger partial charge in [0.1, 0.15) is 39.8 Å². The SMILES string of the molecule is COc1cc(NC(=O)c2ccc(C3=CCN(/C(=N\C(=O)OC(C)(C)C)NC(=O)OC(C)(C)C)CC3)c(F)c2)ncc1C1=CCN(/C(=N\C(=O)OC(C)(C)C)NC(=O)OC(C)(C)C)CC1. The minimum atomic E-state index is -0.901. The Morgan fingerprint density at radius 3 is 1.50 bits per heavy atom. The summed E-state index contributed by atoms with van der Waals surface area (Å²) >= 11 is 0. The third-order valence-electron chi connectivity index (χ3n) is 8.67. The number of guanidine groups is 2. The predicted octanol–water partition coefficient (Wildman–Crippen LogP) is 8.29. The van der Waals surface area contributed by atoms with Crippen LogP contribution in [0.2, 0.25) is 0 Å². The monoisotopic (exact) mass is 892 g/mol. The summed E-state index contributed by atoms with van der Waals surface area (Å²) in [5.74, 6) is -0.743. The van der Waals surface area contributed by atoms with Gasteiger partial charge < -0.3 is 38.8 Å². The van der Waals surface area contributed by atoms with Gasteiger partial charge in [-0.25, -0.2) is 28.6 Å². The molecule has 64 heavy (non-hydrogen) atoms. The summed E-state index contributed by atoms with van der Waals surface area (Å²) in [4.78, 5) is 79.6. The van der Waals surface area contributed by atoms with Gasteiger partial charge in [-0.2, -0.15) is 0 Å². The zero-order valence-corrected chi connectivity index (χ0v) is 39.0. The molecule has 2 aromatic rings. The van der Waals surface area contributed by atoms with Crippen LogP contribution in [0.5, 0.6) is 5.75 Å². The van der Waals surface area contributed by atoms with E-state index in [1.165, 1.54) is 19.2 Å². The normalized spacial score (nSPS) is 15.3. The molecule has 0 spiro atoms. The van der Waals surface area contributed by atoms with Gasteiger partial charge in [0.15, 0.2) is 0 Å². The number of aliphatic imine (C=N–C) groups is 2. The van der Waals surface area contributed by atoms with E-state index < -0.39 is 58.5 Å². The van der Waals surface area contributed by atoms with Crippen molar-refractivity contribution in [2.24, 2.45) is 9.98 Å². The lowest BCUT2D eigenvalue weighted by Crippen LogP contribution is -2.48. The first-order valence-electron chi connectivity index (χ1n) is 20.7. The van der Waals surface area contributed by atoms with Crippen LogP contribution in [0.4, 0.5) is 29.4 Å². The molecule has 4 rings (SSSR count). The molecule has 19 heteroatoms. The van der Waals surface area contributed by atoms with Crippen molar-refractivity contribution in [1.82, 2.24) is 25.4 Å². The van der Waals surface area contributed by atoms with Crippen molar-refractivity contribution in [2.75, 3.05) is 38.6 Å². The highest BCUT2D eigenvalue weighted by molar-refractivity contribution is 6.04. The van der Waals surface area contributed by atoms with Crippen LogP contribution in [-0.2, 0) is 18.9 Å². The highest BCUT2D eigenvalue weighted by Crippen LogP contribution is 2.32. The second kappa shape index (κ2) is 20.3. The third kappa shape index (κ3) is 16.0. The van der Waals surface area contributed by atoms with Crippen LogP contribution in [-0.4, -0.2) is 113 Å². The summed E-state index contributed by atoms with van der Waals surface area (Å²) in [5.41, 5.74) is -0.703. The van der Waals surface area contributed by atoms with Crippen LogP contribution in [0, 0.1) is 5.82 Å². The highest BCUT2D eigenvalue weighted by Gasteiger charge is 2.28. The van der Waals surface area contributed by atoms with E-state index >= 15 is 4.39 Å². The largest absolute Gasteiger partial charge is 0.496 e. The Morgan fingerprint density at radius 2 is 1.11 bits per heavy atom. The number of carbonyl (C=O) groups is 5. The highest BCUT2D eigenvalue weighted by atomic mass is 19.1. The number of methoxy groups -OCH3 is 1. The number of aromatic nitrogens is 1. The fourth-order valence-corrected chi connectivity index (χ4v) is 6.12. The van der Waals surface area contributed by atoms with Gasteiger partial charge in [-0.1, -0.05) is 18.2 Å². The number of rotatable bonds is 5. The molecule has 3 N–H and O–H groups in total. The number of amides is 5. The molecule has 0 radical (unpaired) electrons. The van der Waals surface area contributed by atoms with Gasteiger partial charge in [0.25, 0.3) is 5.91 Å². The summed E-state index contributed by atoms with van der Waals surface area (Å²) in [7, 11) is 1.48. The average molecular weight is 893 g/mol. The molecule has 0 unspecified atom stereocenters. The molecule has 2 aliphatic rings. The second-order valence-corrected chi connectivity index (χ2v) is 18.9. The third-order valence-corrected chi connectivity index (χ3v) is 8.67.